The number of nitrogens with one attached hydrogen (secondary N) is 1. The lowest BCUT2D eigenvalue weighted by Crippen LogP contribution is -2.17. The summed E-state index contributed by atoms with van der Waals surface area (Å²) >= 11 is 15.4. The van der Waals surface area contributed by atoms with E-state index in [0.717, 1.165) is 16.2 Å². The van der Waals surface area contributed by atoms with Crippen LogP contribution in [-0.4, -0.2) is 15.2 Å². The van der Waals surface area contributed by atoms with Gasteiger partial charge in [0, 0.05) is 21.1 Å². The Morgan fingerprint density at radius 1 is 1.33 bits per heavy atom. The van der Waals surface area contributed by atoms with Crippen molar-refractivity contribution < 1.29 is 14.5 Å². The zero-order valence-corrected chi connectivity index (χ0v) is 17.4. The van der Waals surface area contributed by atoms with Crippen molar-refractivity contribution in [3.05, 3.63) is 72.0 Å². The van der Waals surface area contributed by atoms with Crippen LogP contribution in [-0.2, 0) is 11.4 Å². The predicted octanol–water partition coefficient (Wildman–Crippen LogP) is 5.08. The molecule has 0 spiro atoms. The molecule has 6 nitrogen and oxygen atoms in total. The quantitative estimate of drug-likeness (QED) is 0.275. The Labute approximate surface area is 177 Å². The molecule has 1 saturated heterocycles. The van der Waals surface area contributed by atoms with Crippen molar-refractivity contribution in [3.63, 3.8) is 0 Å². The average molecular weight is 486 g/mol. The Balaban J connectivity index is 1.89. The molecule has 1 heterocycles. The number of hydrogen-bond donors (Lipinski definition) is 1. The van der Waals surface area contributed by atoms with E-state index in [2.05, 4.69) is 21.2 Å². The fraction of sp³-hybridized carbons (Fsp3) is 0.0588. The second kappa shape index (κ2) is 8.39. The summed E-state index contributed by atoms with van der Waals surface area (Å²) in [5, 5.41) is 14.0. The first-order valence-corrected chi connectivity index (χ1v) is 9.83. The van der Waals surface area contributed by atoms with Crippen LogP contribution in [0.4, 0.5) is 5.69 Å². The number of amides is 1. The Hall–Kier alpha value is -1.94. The molecule has 1 fully saturated rings. The summed E-state index contributed by atoms with van der Waals surface area (Å²) in [7, 11) is 0. The van der Waals surface area contributed by atoms with Crippen LogP contribution in [0.15, 0.2) is 45.8 Å². The molecule has 1 aliphatic rings. The third-order valence-electron chi connectivity index (χ3n) is 3.53. The van der Waals surface area contributed by atoms with E-state index >= 15 is 0 Å². The van der Waals surface area contributed by atoms with Crippen LogP contribution < -0.4 is 10.1 Å². The van der Waals surface area contributed by atoms with E-state index in [4.69, 9.17) is 28.6 Å². The molecule has 10 heteroatoms. The number of thioether (sulfide) groups is 1. The molecule has 0 saturated carbocycles. The van der Waals surface area contributed by atoms with Gasteiger partial charge >= 0.3 is 0 Å². The minimum absolute atomic E-state index is 0.0248. The van der Waals surface area contributed by atoms with Gasteiger partial charge in [0.05, 0.1) is 15.4 Å². The first-order chi connectivity index (χ1) is 12.8. The van der Waals surface area contributed by atoms with Gasteiger partial charge in [-0.1, -0.05) is 51.5 Å². The molecule has 2 aromatic carbocycles. The first-order valence-electron chi connectivity index (χ1n) is 7.43. The maximum Gasteiger partial charge on any atom is 0.277 e. The SMILES string of the molecule is O=C1NC(=S)S/C1=C\c1cc(Br)ccc1OCc1ccc(Cl)cc1[N+](=O)[O-]. The van der Waals surface area contributed by atoms with Crippen LogP contribution in [0.5, 0.6) is 5.75 Å². The maximum atomic E-state index is 11.9. The zero-order valence-electron chi connectivity index (χ0n) is 13.4. The van der Waals surface area contributed by atoms with E-state index in [0.29, 0.717) is 26.1 Å². The van der Waals surface area contributed by atoms with Crippen LogP contribution in [0.3, 0.4) is 0 Å². The standard InChI is InChI=1S/C17H10BrClN2O4S2/c18-11-2-4-14(10(5-11)6-15-16(22)20-17(26)27-15)25-8-9-1-3-12(19)7-13(9)21(23)24/h1-7H,8H2,(H,20,22,26)/b15-6-. The van der Waals surface area contributed by atoms with Gasteiger partial charge in [-0.25, -0.2) is 0 Å². The molecule has 0 bridgehead atoms. The average Bonchev–Trinajstić information content (AvgIpc) is 2.92. The topological polar surface area (TPSA) is 81.5 Å². The largest absolute Gasteiger partial charge is 0.488 e. The Morgan fingerprint density at radius 3 is 2.78 bits per heavy atom. The van der Waals surface area contributed by atoms with Crippen molar-refractivity contribution in [2.45, 2.75) is 6.61 Å². The van der Waals surface area contributed by atoms with Crippen molar-refractivity contribution in [1.29, 1.82) is 0 Å². The smallest absolute Gasteiger partial charge is 0.277 e. The number of nitrogens with zero attached hydrogens (tertiary/aromatic N) is 1. The van der Waals surface area contributed by atoms with Crippen LogP contribution in [0.1, 0.15) is 11.1 Å². The highest BCUT2D eigenvalue weighted by atomic mass is 79.9. The molecule has 1 aliphatic heterocycles. The van der Waals surface area contributed by atoms with Gasteiger partial charge < -0.3 is 10.1 Å². The second-order valence-corrected chi connectivity index (χ2v) is 8.42. The first kappa shape index (κ1) is 19.8. The highest BCUT2D eigenvalue weighted by Crippen LogP contribution is 2.32. The maximum absolute atomic E-state index is 11.9. The molecule has 138 valence electrons. The number of rotatable bonds is 5. The van der Waals surface area contributed by atoms with E-state index in [9.17, 15) is 14.9 Å². The normalized spacial score (nSPS) is 15.1. The fourth-order valence-electron chi connectivity index (χ4n) is 2.31. The van der Waals surface area contributed by atoms with Gasteiger partial charge in [-0.05, 0) is 36.4 Å². The lowest BCUT2D eigenvalue weighted by atomic mass is 10.1. The van der Waals surface area contributed by atoms with Crippen LogP contribution in [0, 0.1) is 10.1 Å². The molecular weight excluding hydrogens is 476 g/mol. The Bertz CT molecular complexity index is 997. The third kappa shape index (κ3) is 4.86. The van der Waals surface area contributed by atoms with E-state index in [-0.39, 0.29) is 23.2 Å². The highest BCUT2D eigenvalue weighted by Gasteiger charge is 2.23. The van der Waals surface area contributed by atoms with Crippen molar-refractivity contribution >= 4 is 73.5 Å². The minimum atomic E-state index is -0.504. The van der Waals surface area contributed by atoms with Gasteiger partial charge in [0.25, 0.3) is 11.6 Å². The van der Waals surface area contributed by atoms with Crippen LogP contribution in [0.25, 0.3) is 6.08 Å². The molecule has 1 amide bonds. The number of ether oxygens (including phenoxy) is 1. The minimum Gasteiger partial charge on any atom is -0.488 e. The summed E-state index contributed by atoms with van der Waals surface area (Å²) in [5.41, 5.74) is 0.916. The fourth-order valence-corrected chi connectivity index (χ4v) is 3.89. The van der Waals surface area contributed by atoms with Gasteiger partial charge in [-0.3, -0.25) is 14.9 Å². The molecule has 0 atom stereocenters. The van der Waals surface area contributed by atoms with Crippen molar-refractivity contribution in [2.24, 2.45) is 0 Å². The monoisotopic (exact) mass is 484 g/mol. The third-order valence-corrected chi connectivity index (χ3v) is 5.42. The number of benzene rings is 2. The second-order valence-electron chi connectivity index (χ2n) is 5.35. The van der Waals surface area contributed by atoms with E-state index < -0.39 is 4.92 Å². The lowest BCUT2D eigenvalue weighted by molar-refractivity contribution is -0.385. The number of carbonyl (C=O) groups is 1. The summed E-state index contributed by atoms with van der Waals surface area (Å²) in [6.45, 7) is -0.0248. The van der Waals surface area contributed by atoms with Crippen LogP contribution >= 0.6 is 51.5 Å². The Morgan fingerprint density at radius 2 is 2.11 bits per heavy atom. The number of carbonyl (C=O) groups excluding carboxylic acids is 1. The van der Waals surface area contributed by atoms with Gasteiger partial charge in [0.15, 0.2) is 0 Å². The van der Waals surface area contributed by atoms with Crippen molar-refractivity contribution in [2.75, 3.05) is 0 Å². The van der Waals surface area contributed by atoms with E-state index in [1.807, 2.05) is 0 Å². The number of halogens is 2. The summed E-state index contributed by atoms with van der Waals surface area (Å²) in [4.78, 5) is 23.0. The van der Waals surface area contributed by atoms with Crippen molar-refractivity contribution in [3.8, 4) is 5.75 Å². The summed E-state index contributed by atoms with van der Waals surface area (Å²) in [5.74, 6) is 0.199. The van der Waals surface area contributed by atoms with Gasteiger partial charge in [0.1, 0.15) is 16.7 Å². The number of hydrogen-bond acceptors (Lipinski definition) is 6. The van der Waals surface area contributed by atoms with E-state index in [1.54, 1.807) is 36.4 Å². The molecule has 0 unspecified atom stereocenters. The molecule has 3 rings (SSSR count). The summed E-state index contributed by atoms with van der Waals surface area (Å²) < 4.78 is 6.98. The van der Waals surface area contributed by atoms with Gasteiger partial charge in [-0.2, -0.15) is 0 Å². The summed E-state index contributed by atoms with van der Waals surface area (Å²) in [6, 6.07) is 9.68. The van der Waals surface area contributed by atoms with Crippen molar-refractivity contribution in [1.82, 2.24) is 5.32 Å². The summed E-state index contributed by atoms with van der Waals surface area (Å²) in [6.07, 6.45) is 1.66. The predicted molar refractivity (Wildman–Crippen MR) is 113 cm³/mol. The molecule has 0 aliphatic carbocycles. The molecule has 0 aromatic heterocycles. The number of thiocarbonyl (C=S) groups is 1. The molecule has 2 aromatic rings. The molecule has 1 N–H and O–H groups in total. The lowest BCUT2D eigenvalue weighted by Gasteiger charge is -2.11. The highest BCUT2D eigenvalue weighted by molar-refractivity contribution is 9.10. The van der Waals surface area contributed by atoms with Gasteiger partial charge in [-0.15, -0.1) is 0 Å². The van der Waals surface area contributed by atoms with Gasteiger partial charge in [0.2, 0.25) is 0 Å². The molecule has 27 heavy (non-hydrogen) atoms. The Kier molecular flexibility index (Phi) is 6.15. The molecule has 0 radical (unpaired) electrons. The zero-order chi connectivity index (χ0) is 19.6. The number of nitro benzene ring substituents is 1. The molecular formula is C17H10BrClN2O4S2. The van der Waals surface area contributed by atoms with Crippen LogP contribution in [0.2, 0.25) is 5.02 Å². The van der Waals surface area contributed by atoms with E-state index in [1.165, 1.54) is 6.07 Å². The number of nitro groups is 1.